The maximum Gasteiger partial charge on any atom is 0.252 e. The summed E-state index contributed by atoms with van der Waals surface area (Å²) in [4.78, 5) is 38.8. The van der Waals surface area contributed by atoms with Crippen molar-refractivity contribution in [1.82, 2.24) is 4.31 Å². The molecule has 0 saturated carbocycles. The Labute approximate surface area is 218 Å². The molecule has 1 heterocycles. The van der Waals surface area contributed by atoms with E-state index in [4.69, 9.17) is 0 Å². The maximum absolute atomic E-state index is 13.7. The van der Waals surface area contributed by atoms with Gasteiger partial charge in [0.2, 0.25) is 21.8 Å². The van der Waals surface area contributed by atoms with Gasteiger partial charge in [0.15, 0.2) is 0 Å². The molecule has 1 saturated heterocycles. The topological polar surface area (TPSA) is 104 Å². The van der Waals surface area contributed by atoms with Crippen molar-refractivity contribution in [2.75, 3.05) is 16.8 Å². The Hall–Kier alpha value is -3.34. The highest BCUT2D eigenvalue weighted by Crippen LogP contribution is 2.30. The van der Waals surface area contributed by atoms with E-state index >= 15 is 0 Å². The van der Waals surface area contributed by atoms with E-state index in [0.717, 1.165) is 19.2 Å². The number of benzene rings is 3. The number of rotatable bonds is 8. The maximum atomic E-state index is 13.7. The van der Waals surface area contributed by atoms with Crippen LogP contribution in [0.5, 0.6) is 0 Å². The molecule has 0 bridgehead atoms. The summed E-state index contributed by atoms with van der Waals surface area (Å²) in [5.41, 5.74) is 1.74. The third kappa shape index (κ3) is 5.56. The summed E-state index contributed by atoms with van der Waals surface area (Å²) in [5, 5.41) is 2.63. The van der Waals surface area contributed by atoms with E-state index in [1.54, 1.807) is 36.4 Å². The van der Waals surface area contributed by atoms with Crippen molar-refractivity contribution in [2.24, 2.45) is 0 Å². The average Bonchev–Trinajstić information content (AvgIpc) is 3.13. The Morgan fingerprint density at radius 3 is 2.25 bits per heavy atom. The zero-order chi connectivity index (χ0) is 25.9. The van der Waals surface area contributed by atoms with Crippen LogP contribution in [0.3, 0.4) is 0 Å². The van der Waals surface area contributed by atoms with Gasteiger partial charge in [-0.1, -0.05) is 46.3 Å². The first-order chi connectivity index (χ1) is 17.2. The summed E-state index contributed by atoms with van der Waals surface area (Å²) in [6, 6.07) is 20.6. The average molecular weight is 570 g/mol. The monoisotopic (exact) mass is 569 g/mol. The number of hydrogen-bond donors (Lipinski definition) is 1. The molecule has 1 fully saturated rings. The highest BCUT2D eigenvalue weighted by molar-refractivity contribution is 9.10. The Balaban J connectivity index is 1.65. The van der Waals surface area contributed by atoms with Crippen LogP contribution in [0.25, 0.3) is 0 Å². The zero-order valence-electron chi connectivity index (χ0n) is 19.4. The molecule has 3 aromatic carbocycles. The molecule has 0 radical (unpaired) electrons. The quantitative estimate of drug-likeness (QED) is 0.413. The van der Waals surface area contributed by atoms with Gasteiger partial charge in [0.05, 0.1) is 17.0 Å². The van der Waals surface area contributed by atoms with E-state index in [1.807, 2.05) is 30.3 Å². The largest absolute Gasteiger partial charge is 0.326 e. The van der Waals surface area contributed by atoms with Gasteiger partial charge in [-0.05, 0) is 60.5 Å². The number of halogens is 1. The predicted octanol–water partition coefficient (Wildman–Crippen LogP) is 3.97. The molecule has 1 aliphatic heterocycles. The molecule has 1 atom stereocenters. The molecule has 0 spiro atoms. The minimum atomic E-state index is -4.09. The summed E-state index contributed by atoms with van der Waals surface area (Å²) in [6.45, 7) is 1.41. The van der Waals surface area contributed by atoms with Gasteiger partial charge in [0, 0.05) is 23.6 Å². The van der Waals surface area contributed by atoms with Crippen LogP contribution in [0.2, 0.25) is 0 Å². The normalized spacial score (nSPS) is 16.0. The third-order valence-corrected chi connectivity index (χ3v) is 8.25. The van der Waals surface area contributed by atoms with Gasteiger partial charge in [0.25, 0.3) is 5.91 Å². The second kappa shape index (κ2) is 10.7. The van der Waals surface area contributed by atoms with Crippen molar-refractivity contribution < 1.29 is 22.8 Å². The first-order valence-electron chi connectivity index (χ1n) is 11.2. The number of carbonyl (C=O) groups excluding carboxylic acids is 3. The minimum absolute atomic E-state index is 0.0292. The Morgan fingerprint density at radius 2 is 1.64 bits per heavy atom. The smallest absolute Gasteiger partial charge is 0.252 e. The fraction of sp³-hybridized carbons (Fsp3) is 0.192. The van der Waals surface area contributed by atoms with Crippen LogP contribution in [0.15, 0.2) is 88.2 Å². The summed E-state index contributed by atoms with van der Waals surface area (Å²) in [7, 11) is -4.09. The molecule has 1 unspecified atom stereocenters. The lowest BCUT2D eigenvalue weighted by Crippen LogP contribution is -2.46. The lowest BCUT2D eigenvalue weighted by molar-refractivity contribution is -0.122. The number of nitrogens with zero attached hydrogens (tertiary/aromatic N) is 2. The van der Waals surface area contributed by atoms with Crippen LogP contribution >= 0.6 is 15.9 Å². The Bertz CT molecular complexity index is 1380. The first-order valence-corrected chi connectivity index (χ1v) is 13.5. The van der Waals surface area contributed by atoms with Crippen molar-refractivity contribution in [1.29, 1.82) is 0 Å². The molecular formula is C26H24BrN3O5S. The van der Waals surface area contributed by atoms with Crippen LogP contribution in [0, 0.1) is 0 Å². The first kappa shape index (κ1) is 25.7. The highest BCUT2D eigenvalue weighted by atomic mass is 79.9. The molecule has 3 amide bonds. The van der Waals surface area contributed by atoms with Gasteiger partial charge < -0.3 is 5.32 Å². The van der Waals surface area contributed by atoms with Crippen LogP contribution in [-0.2, 0) is 30.8 Å². The van der Waals surface area contributed by atoms with Crippen LogP contribution in [0.4, 0.5) is 11.4 Å². The van der Waals surface area contributed by atoms with Gasteiger partial charge in [-0.15, -0.1) is 0 Å². The summed E-state index contributed by atoms with van der Waals surface area (Å²) in [5.74, 6) is -1.35. The van der Waals surface area contributed by atoms with E-state index in [1.165, 1.54) is 19.1 Å². The number of amides is 3. The van der Waals surface area contributed by atoms with E-state index in [9.17, 15) is 22.8 Å². The lowest BCUT2D eigenvalue weighted by atomic mass is 10.1. The van der Waals surface area contributed by atoms with Gasteiger partial charge >= 0.3 is 0 Å². The molecule has 36 heavy (non-hydrogen) atoms. The summed E-state index contributed by atoms with van der Waals surface area (Å²) in [6.07, 6.45) is 0.108. The number of carbonyl (C=O) groups is 3. The van der Waals surface area contributed by atoms with Gasteiger partial charge in [-0.2, -0.15) is 4.31 Å². The minimum Gasteiger partial charge on any atom is -0.326 e. The standard InChI is InChI=1S/C26H24BrN3O5S/c1-18(31)28-21-9-11-22(12-10-21)30-25(32)17-24(26(30)33)29(16-15-19-5-3-2-4-6-19)36(34,35)23-13-7-20(27)8-14-23/h2-14,24H,15-17H2,1H3,(H,28,31). The zero-order valence-corrected chi connectivity index (χ0v) is 21.8. The van der Waals surface area contributed by atoms with Crippen LogP contribution < -0.4 is 10.2 Å². The van der Waals surface area contributed by atoms with Gasteiger partial charge in [-0.25, -0.2) is 13.3 Å². The highest BCUT2D eigenvalue weighted by Gasteiger charge is 2.46. The van der Waals surface area contributed by atoms with E-state index in [2.05, 4.69) is 21.2 Å². The molecular weight excluding hydrogens is 546 g/mol. The molecule has 10 heteroatoms. The number of sulfonamides is 1. The van der Waals surface area contributed by atoms with E-state index in [0.29, 0.717) is 17.8 Å². The molecule has 1 aliphatic rings. The number of nitrogens with one attached hydrogen (secondary N) is 1. The van der Waals surface area contributed by atoms with Crippen molar-refractivity contribution in [3.05, 3.63) is 88.9 Å². The van der Waals surface area contributed by atoms with E-state index in [-0.39, 0.29) is 23.8 Å². The van der Waals surface area contributed by atoms with Gasteiger partial charge in [-0.3, -0.25) is 14.4 Å². The number of hydrogen-bond acceptors (Lipinski definition) is 5. The summed E-state index contributed by atoms with van der Waals surface area (Å²) >= 11 is 3.31. The van der Waals surface area contributed by atoms with Crippen LogP contribution in [-0.4, -0.2) is 43.0 Å². The SMILES string of the molecule is CC(=O)Nc1ccc(N2C(=O)CC(N(CCc3ccccc3)S(=O)(=O)c3ccc(Br)cc3)C2=O)cc1. The van der Waals surface area contributed by atoms with Crippen molar-refractivity contribution in [2.45, 2.75) is 30.7 Å². The predicted molar refractivity (Wildman–Crippen MR) is 140 cm³/mol. The fourth-order valence-electron chi connectivity index (χ4n) is 4.08. The van der Waals surface area contributed by atoms with Crippen molar-refractivity contribution in [3.8, 4) is 0 Å². The molecule has 0 aromatic heterocycles. The molecule has 1 N–H and O–H groups in total. The van der Waals surface area contributed by atoms with Gasteiger partial charge in [0.1, 0.15) is 6.04 Å². The molecule has 8 nitrogen and oxygen atoms in total. The molecule has 0 aliphatic carbocycles. The Morgan fingerprint density at radius 1 is 1.00 bits per heavy atom. The molecule has 186 valence electrons. The van der Waals surface area contributed by atoms with Crippen molar-refractivity contribution >= 4 is 55.0 Å². The van der Waals surface area contributed by atoms with Crippen LogP contribution in [0.1, 0.15) is 18.9 Å². The second-order valence-corrected chi connectivity index (χ2v) is 11.1. The Kier molecular flexibility index (Phi) is 7.67. The second-order valence-electron chi connectivity index (χ2n) is 8.32. The van der Waals surface area contributed by atoms with E-state index < -0.39 is 27.9 Å². The fourth-order valence-corrected chi connectivity index (χ4v) is 5.93. The summed E-state index contributed by atoms with van der Waals surface area (Å²) < 4.78 is 29.2. The molecule has 3 aromatic rings. The molecule has 4 rings (SSSR count). The number of anilines is 2. The number of imide groups is 1. The van der Waals surface area contributed by atoms with Crippen molar-refractivity contribution in [3.63, 3.8) is 0 Å². The lowest BCUT2D eigenvalue weighted by Gasteiger charge is -2.27. The third-order valence-electron chi connectivity index (χ3n) is 5.80.